The van der Waals surface area contributed by atoms with Gasteiger partial charge in [0.25, 0.3) is 0 Å². The molecule has 118 valence electrons. The minimum absolute atomic E-state index is 0.114. The van der Waals surface area contributed by atoms with E-state index in [4.69, 9.17) is 0 Å². The van der Waals surface area contributed by atoms with E-state index in [1.54, 1.807) is 0 Å². The van der Waals surface area contributed by atoms with Gasteiger partial charge in [-0.3, -0.25) is 9.20 Å². The highest BCUT2D eigenvalue weighted by atomic mass is 32.2. The molecule has 0 bridgehead atoms. The van der Waals surface area contributed by atoms with Crippen molar-refractivity contribution in [3.05, 3.63) is 30.6 Å². The predicted molar refractivity (Wildman–Crippen MR) is 90.0 cm³/mol. The maximum absolute atomic E-state index is 12.2. The summed E-state index contributed by atoms with van der Waals surface area (Å²) < 4.78 is 2.02. The van der Waals surface area contributed by atoms with Gasteiger partial charge in [-0.25, -0.2) is 4.98 Å². The number of carbonyl (C=O) groups is 1. The smallest absolute Gasteiger partial charge is 0.230 e. The monoisotopic (exact) mass is 317 g/mol. The van der Waals surface area contributed by atoms with Crippen LogP contribution in [0.2, 0.25) is 0 Å². The van der Waals surface area contributed by atoms with E-state index in [1.807, 2.05) is 35.0 Å². The first-order valence-corrected chi connectivity index (χ1v) is 8.98. The van der Waals surface area contributed by atoms with Gasteiger partial charge in [-0.1, -0.05) is 44.5 Å². The minimum Gasteiger partial charge on any atom is -0.352 e. The first-order valence-electron chi connectivity index (χ1n) is 7.99. The molecule has 1 N–H and O–H groups in total. The first-order chi connectivity index (χ1) is 10.6. The first kappa shape index (κ1) is 15.4. The summed E-state index contributed by atoms with van der Waals surface area (Å²) in [5.41, 5.74) is 1.06. The summed E-state index contributed by atoms with van der Waals surface area (Å²) in [5, 5.41) is 4.08. The number of pyridine rings is 1. The van der Waals surface area contributed by atoms with Gasteiger partial charge < -0.3 is 5.32 Å². The number of nitrogens with zero attached hydrogens (tertiary/aromatic N) is 2. The Morgan fingerprint density at radius 2 is 2.27 bits per heavy atom. The molecule has 1 aliphatic rings. The largest absolute Gasteiger partial charge is 0.352 e. The Balaban J connectivity index is 1.56. The van der Waals surface area contributed by atoms with Crippen molar-refractivity contribution in [1.29, 1.82) is 0 Å². The number of rotatable bonds is 4. The van der Waals surface area contributed by atoms with Crippen LogP contribution in [0.25, 0.3) is 5.52 Å². The normalized spacial score (nSPS) is 25.3. The van der Waals surface area contributed by atoms with Gasteiger partial charge in [-0.2, -0.15) is 0 Å². The molecule has 1 saturated carbocycles. The molecule has 2 heterocycles. The van der Waals surface area contributed by atoms with Crippen LogP contribution in [0.15, 0.2) is 35.7 Å². The van der Waals surface area contributed by atoms with Crippen LogP contribution in [-0.2, 0) is 4.79 Å². The summed E-state index contributed by atoms with van der Waals surface area (Å²) in [6, 6.07) is 6.31. The Labute approximate surface area is 135 Å². The lowest BCUT2D eigenvalue weighted by molar-refractivity contribution is -0.120. The Morgan fingerprint density at radius 1 is 1.41 bits per heavy atom. The lowest BCUT2D eigenvalue weighted by Crippen LogP contribution is -2.44. The number of aromatic nitrogens is 2. The van der Waals surface area contributed by atoms with Crippen molar-refractivity contribution >= 4 is 23.2 Å². The lowest BCUT2D eigenvalue weighted by atomic mass is 9.78. The van der Waals surface area contributed by atoms with E-state index in [2.05, 4.69) is 24.1 Å². The predicted octanol–water partition coefficient (Wildman–Crippen LogP) is 3.37. The number of hydrogen-bond acceptors (Lipinski definition) is 3. The van der Waals surface area contributed by atoms with Crippen LogP contribution in [0.3, 0.4) is 0 Å². The lowest BCUT2D eigenvalue weighted by Gasteiger charge is -2.34. The summed E-state index contributed by atoms with van der Waals surface area (Å²) in [7, 11) is 0. The van der Waals surface area contributed by atoms with Crippen molar-refractivity contribution in [2.45, 2.75) is 44.3 Å². The zero-order valence-electron chi connectivity index (χ0n) is 13.2. The zero-order valence-corrected chi connectivity index (χ0v) is 14.0. The van der Waals surface area contributed by atoms with Gasteiger partial charge in [-0.05, 0) is 30.4 Å². The molecule has 3 rings (SSSR count). The van der Waals surface area contributed by atoms with Crippen LogP contribution in [0.1, 0.15) is 33.1 Å². The fourth-order valence-corrected chi connectivity index (χ4v) is 3.97. The van der Waals surface area contributed by atoms with Crippen LogP contribution in [0, 0.1) is 11.8 Å². The molecule has 2 aromatic rings. The molecule has 0 radical (unpaired) electrons. The van der Waals surface area contributed by atoms with Crippen molar-refractivity contribution in [3.63, 3.8) is 0 Å². The molecule has 0 spiro atoms. The number of imidazole rings is 1. The van der Waals surface area contributed by atoms with Gasteiger partial charge in [0.05, 0.1) is 17.5 Å². The number of hydrogen-bond donors (Lipinski definition) is 1. The molecule has 1 aliphatic carbocycles. The Hall–Kier alpha value is -1.49. The van der Waals surface area contributed by atoms with Crippen molar-refractivity contribution in [2.75, 3.05) is 5.75 Å². The third-order valence-electron chi connectivity index (χ3n) is 4.79. The van der Waals surface area contributed by atoms with Gasteiger partial charge >= 0.3 is 0 Å². The van der Waals surface area contributed by atoms with Gasteiger partial charge in [-0.15, -0.1) is 0 Å². The number of fused-ring (bicyclic) bond motifs is 1. The van der Waals surface area contributed by atoms with E-state index in [0.717, 1.165) is 17.1 Å². The zero-order chi connectivity index (χ0) is 15.5. The van der Waals surface area contributed by atoms with Gasteiger partial charge in [0.2, 0.25) is 5.91 Å². The van der Waals surface area contributed by atoms with E-state index in [9.17, 15) is 4.79 Å². The molecule has 2 aromatic heterocycles. The highest BCUT2D eigenvalue weighted by Crippen LogP contribution is 2.29. The van der Waals surface area contributed by atoms with E-state index in [1.165, 1.54) is 24.6 Å². The van der Waals surface area contributed by atoms with Gasteiger partial charge in [0.15, 0.2) is 5.16 Å². The second-order valence-electron chi connectivity index (χ2n) is 6.27. The molecule has 0 saturated heterocycles. The second kappa shape index (κ2) is 6.73. The average Bonchev–Trinajstić information content (AvgIpc) is 2.93. The number of amides is 1. The van der Waals surface area contributed by atoms with Gasteiger partial charge in [0.1, 0.15) is 0 Å². The van der Waals surface area contributed by atoms with E-state index >= 15 is 0 Å². The summed E-state index contributed by atoms with van der Waals surface area (Å²) in [5.74, 6) is 1.80. The topological polar surface area (TPSA) is 46.4 Å². The summed E-state index contributed by atoms with van der Waals surface area (Å²) in [6.07, 6.45) is 7.42. The third-order valence-corrected chi connectivity index (χ3v) is 5.76. The molecule has 1 fully saturated rings. The number of nitrogens with one attached hydrogen (secondary N) is 1. The fourth-order valence-electron chi connectivity index (χ4n) is 3.19. The SMILES string of the molecule is C[C@@H]1[C@H](C)CCC[C@H]1NC(=O)CSc1ncc2ccccn12. The summed E-state index contributed by atoms with van der Waals surface area (Å²) in [6.45, 7) is 4.54. The van der Waals surface area contributed by atoms with Crippen LogP contribution >= 0.6 is 11.8 Å². The molecule has 1 amide bonds. The van der Waals surface area contributed by atoms with Crippen LogP contribution in [-0.4, -0.2) is 27.1 Å². The summed E-state index contributed by atoms with van der Waals surface area (Å²) in [4.78, 5) is 16.6. The molecule has 22 heavy (non-hydrogen) atoms. The quantitative estimate of drug-likeness (QED) is 0.880. The van der Waals surface area contributed by atoms with Crippen molar-refractivity contribution in [3.8, 4) is 0 Å². The van der Waals surface area contributed by atoms with Crippen molar-refractivity contribution < 1.29 is 4.79 Å². The summed E-state index contributed by atoms with van der Waals surface area (Å²) >= 11 is 1.50. The third kappa shape index (κ3) is 3.29. The second-order valence-corrected chi connectivity index (χ2v) is 7.21. The molecular formula is C17H23N3OS. The van der Waals surface area contributed by atoms with Crippen LogP contribution < -0.4 is 5.32 Å². The highest BCUT2D eigenvalue weighted by Gasteiger charge is 2.28. The average molecular weight is 317 g/mol. The Morgan fingerprint density at radius 3 is 3.14 bits per heavy atom. The molecule has 4 nitrogen and oxygen atoms in total. The Kier molecular flexibility index (Phi) is 4.71. The van der Waals surface area contributed by atoms with Crippen molar-refractivity contribution in [1.82, 2.24) is 14.7 Å². The highest BCUT2D eigenvalue weighted by molar-refractivity contribution is 7.99. The van der Waals surface area contributed by atoms with Crippen LogP contribution in [0.5, 0.6) is 0 Å². The maximum Gasteiger partial charge on any atom is 0.230 e. The Bertz CT molecular complexity index is 654. The molecule has 5 heteroatoms. The van der Waals surface area contributed by atoms with E-state index < -0.39 is 0 Å². The molecule has 0 aliphatic heterocycles. The molecule has 0 unspecified atom stereocenters. The van der Waals surface area contributed by atoms with E-state index in [-0.39, 0.29) is 5.91 Å². The van der Waals surface area contributed by atoms with Crippen molar-refractivity contribution in [2.24, 2.45) is 11.8 Å². The molecular weight excluding hydrogens is 294 g/mol. The van der Waals surface area contributed by atoms with E-state index in [0.29, 0.717) is 23.6 Å². The fraction of sp³-hybridized carbons (Fsp3) is 0.529. The number of carbonyl (C=O) groups excluding carboxylic acids is 1. The van der Waals surface area contributed by atoms with Gasteiger partial charge in [0, 0.05) is 12.2 Å². The maximum atomic E-state index is 12.2. The standard InChI is InChI=1S/C17H23N3OS/c1-12-6-5-8-15(13(12)2)19-16(21)11-22-17-18-10-14-7-3-4-9-20(14)17/h3-4,7,9-10,12-13,15H,5-6,8,11H2,1-2H3,(H,19,21)/t12-,13-,15-/m1/s1. The molecule has 3 atom stereocenters. The molecule has 0 aromatic carbocycles. The van der Waals surface area contributed by atoms with Crippen LogP contribution in [0.4, 0.5) is 0 Å². The number of thioether (sulfide) groups is 1. The minimum atomic E-state index is 0.114.